The molecule has 498 valence electrons. The Labute approximate surface area is 578 Å². The largest absolute Gasteiger partial charge is 0.494 e. The van der Waals surface area contributed by atoms with Crippen LogP contribution in [-0.2, 0) is 34.0 Å². The van der Waals surface area contributed by atoms with Crippen LogP contribution in [0.15, 0.2) is 97.1 Å². The molecule has 8 aromatic rings. The molecule has 2 amide bonds. The van der Waals surface area contributed by atoms with Gasteiger partial charge in [-0.25, -0.2) is 24.7 Å². The fraction of sp³-hybridized carbons (Fsp3) is 0.443. The number of esters is 1. The predicted molar refractivity (Wildman–Crippen MR) is 379 cm³/mol. The Balaban J connectivity index is 0.000000161. The van der Waals surface area contributed by atoms with Crippen LogP contribution in [0, 0.1) is 27.7 Å². The Bertz CT molecular complexity index is 3600. The van der Waals surface area contributed by atoms with Crippen molar-refractivity contribution in [3.05, 3.63) is 139 Å². The number of likely N-dealkylation sites (tertiary alicyclic amines) is 3. The first-order valence-corrected chi connectivity index (χ1v) is 36.5. The average Bonchev–Trinajstić information content (AvgIpc) is 1.79. The van der Waals surface area contributed by atoms with Gasteiger partial charge in [-0.05, 0) is 190 Å². The summed E-state index contributed by atoms with van der Waals surface area (Å²) in [5, 5.41) is 12.9. The number of ether oxygens (including phenoxy) is 5. The molecule has 7 heterocycles. The zero-order chi connectivity index (χ0) is 66.1. The summed E-state index contributed by atoms with van der Waals surface area (Å²) in [4.78, 5) is 63.8. The fourth-order valence-corrected chi connectivity index (χ4v) is 14.7. The summed E-state index contributed by atoms with van der Waals surface area (Å²) >= 11 is 23.1. The Morgan fingerprint density at radius 3 is 1.18 bits per heavy atom. The van der Waals surface area contributed by atoms with Crippen LogP contribution >= 0.6 is 80.1 Å². The number of nitrogens with zero attached hydrogens (tertiary/aromatic N) is 7. The van der Waals surface area contributed by atoms with Crippen LogP contribution in [0.1, 0.15) is 118 Å². The highest BCUT2D eigenvalue weighted by Crippen LogP contribution is 2.35. The SMILES string of the molecule is COC(=O)c1sc(-c2ccc(OCCCCl)cc2)nc1C.Cc1nc(-c2ccc(OCCCCl)cc2)sc1CN1CCCC1=O.Cc1nc(-c2ccc(OCCCCl)cc2)sc1CO.Cc1nc(-c2ccc(OCCCN3CCCC3C)cc2)sc1CN1CCCC1=O. The van der Waals surface area contributed by atoms with Crippen molar-refractivity contribution in [2.75, 3.05) is 77.4 Å². The first-order chi connectivity index (χ1) is 45.2. The predicted octanol–water partition coefficient (Wildman–Crippen LogP) is 16.3. The maximum Gasteiger partial charge on any atom is 0.349 e. The van der Waals surface area contributed by atoms with Crippen molar-refractivity contribution >= 4 is 97.9 Å². The minimum Gasteiger partial charge on any atom is -0.494 e. The summed E-state index contributed by atoms with van der Waals surface area (Å²) in [7, 11) is 1.37. The van der Waals surface area contributed by atoms with Gasteiger partial charge in [-0.1, -0.05) is 0 Å². The van der Waals surface area contributed by atoms with Gasteiger partial charge in [-0.3, -0.25) is 9.59 Å². The molecular formula is C70H84Cl3N7O9S4. The van der Waals surface area contributed by atoms with E-state index >= 15 is 0 Å². The number of aliphatic hydroxyl groups excluding tert-OH is 1. The summed E-state index contributed by atoms with van der Waals surface area (Å²) < 4.78 is 27.4. The van der Waals surface area contributed by atoms with Gasteiger partial charge in [0.1, 0.15) is 47.9 Å². The summed E-state index contributed by atoms with van der Waals surface area (Å²) in [5.41, 5.74) is 7.79. The number of amides is 2. The van der Waals surface area contributed by atoms with Crippen LogP contribution < -0.4 is 18.9 Å². The van der Waals surface area contributed by atoms with E-state index < -0.39 is 0 Å². The lowest BCUT2D eigenvalue weighted by Crippen LogP contribution is -2.28. The van der Waals surface area contributed by atoms with Gasteiger partial charge >= 0.3 is 5.97 Å². The molecule has 0 radical (unpaired) electrons. The number of alkyl halides is 3. The van der Waals surface area contributed by atoms with Gasteiger partial charge in [0.25, 0.3) is 0 Å². The number of methoxy groups -OCH3 is 1. The van der Waals surface area contributed by atoms with Gasteiger partial charge in [0.05, 0.1) is 80.9 Å². The first-order valence-electron chi connectivity index (χ1n) is 31.6. The zero-order valence-corrected chi connectivity index (χ0v) is 59.4. The van der Waals surface area contributed by atoms with Crippen molar-refractivity contribution in [1.82, 2.24) is 34.6 Å². The molecule has 0 spiro atoms. The molecule has 1 unspecified atom stereocenters. The van der Waals surface area contributed by atoms with Crippen molar-refractivity contribution in [3.63, 3.8) is 0 Å². The highest BCUT2D eigenvalue weighted by atomic mass is 35.5. The van der Waals surface area contributed by atoms with E-state index in [2.05, 4.69) is 38.9 Å². The molecule has 3 aliphatic heterocycles. The third-order valence-electron chi connectivity index (χ3n) is 15.6. The Morgan fingerprint density at radius 2 is 0.860 bits per heavy atom. The van der Waals surface area contributed by atoms with E-state index in [1.165, 1.54) is 58.9 Å². The third-order valence-corrected chi connectivity index (χ3v) is 21.2. The number of carbonyl (C=O) groups is 3. The van der Waals surface area contributed by atoms with E-state index in [1.807, 2.05) is 116 Å². The van der Waals surface area contributed by atoms with Crippen LogP contribution in [0.3, 0.4) is 0 Å². The number of hydrogen-bond acceptors (Lipinski definition) is 18. The third kappa shape index (κ3) is 21.9. The molecule has 3 fully saturated rings. The molecule has 3 saturated heterocycles. The first kappa shape index (κ1) is 72.6. The second-order valence-corrected chi connectivity index (χ2v) is 27.9. The molecule has 1 atom stereocenters. The van der Waals surface area contributed by atoms with E-state index in [-0.39, 0.29) is 24.4 Å². The van der Waals surface area contributed by atoms with Crippen LogP contribution in [0.4, 0.5) is 0 Å². The number of carbonyl (C=O) groups excluding carboxylic acids is 3. The van der Waals surface area contributed by atoms with Crippen molar-refractivity contribution < 1.29 is 43.2 Å². The average molecular weight is 1400 g/mol. The number of rotatable bonds is 27. The zero-order valence-electron chi connectivity index (χ0n) is 53.9. The van der Waals surface area contributed by atoms with Crippen LogP contribution in [-0.4, -0.2) is 141 Å². The molecule has 16 nitrogen and oxygen atoms in total. The lowest BCUT2D eigenvalue weighted by molar-refractivity contribution is -0.128. The molecule has 1 N–H and O–H groups in total. The van der Waals surface area contributed by atoms with Crippen molar-refractivity contribution in [1.29, 1.82) is 0 Å². The van der Waals surface area contributed by atoms with Gasteiger partial charge < -0.3 is 43.5 Å². The summed E-state index contributed by atoms with van der Waals surface area (Å²) in [6.45, 7) is 18.2. The topological polar surface area (TPSA) is 179 Å². The van der Waals surface area contributed by atoms with Crippen LogP contribution in [0.5, 0.6) is 23.0 Å². The number of aliphatic hydroxyl groups is 1. The van der Waals surface area contributed by atoms with Crippen molar-refractivity contribution in [2.45, 2.75) is 125 Å². The van der Waals surface area contributed by atoms with Gasteiger partial charge in [-0.15, -0.1) is 80.1 Å². The van der Waals surface area contributed by atoms with E-state index in [0.29, 0.717) is 74.0 Å². The summed E-state index contributed by atoms with van der Waals surface area (Å²) in [5.74, 6) is 5.38. The highest BCUT2D eigenvalue weighted by molar-refractivity contribution is 7.17. The number of hydrogen-bond donors (Lipinski definition) is 1. The standard InChI is InChI=1S/C23H31N3O2S.C18H21ClN2O2S.C15H16ClNO3S.C14H16ClNO2S/c1-17-6-3-12-25(17)14-5-15-28-20-10-8-19(9-11-20)23-24-18(2)21(29-23)16-26-13-4-7-22(26)27;1-13-16(12-21-10-2-4-17(21)22)24-18(20-13)14-5-7-15(8-6-14)23-11-3-9-19;1-10-13(15(18)19-2)21-14(17-10)11-4-6-12(7-5-11)20-9-3-8-16;1-10-13(9-17)19-14(16-10)11-3-5-12(6-4-11)18-8-2-7-15/h8-11,17H,3-7,12-16H2,1-2H3;5-8H,2-4,9-12H2,1H3;4-7H,3,8-9H2,1-2H3;3-6,17H,2,7-9H2,1H3. The van der Waals surface area contributed by atoms with E-state index in [1.54, 1.807) is 29.6 Å². The minimum atomic E-state index is -0.350. The van der Waals surface area contributed by atoms with Gasteiger partial charge in [0.15, 0.2) is 0 Å². The maximum atomic E-state index is 11.9. The van der Waals surface area contributed by atoms with E-state index in [9.17, 15) is 19.5 Å². The number of halogens is 3. The molecule has 0 bridgehead atoms. The quantitative estimate of drug-likeness (QED) is 0.0292. The molecular weight excluding hydrogens is 1320 g/mol. The van der Waals surface area contributed by atoms with Crippen molar-refractivity contribution in [2.24, 2.45) is 0 Å². The molecule has 4 aromatic heterocycles. The lowest BCUT2D eigenvalue weighted by Gasteiger charge is -2.20. The molecule has 4 aromatic carbocycles. The molecule has 11 rings (SSSR count). The maximum absolute atomic E-state index is 11.9. The normalized spacial score (nSPS) is 14.5. The van der Waals surface area contributed by atoms with Gasteiger partial charge in [0, 0.05) is 88.2 Å². The molecule has 3 aliphatic rings. The molecule has 93 heavy (non-hydrogen) atoms. The molecule has 0 aliphatic carbocycles. The van der Waals surface area contributed by atoms with Crippen molar-refractivity contribution in [3.8, 4) is 65.3 Å². The number of aryl methyl sites for hydroxylation is 4. The lowest BCUT2D eigenvalue weighted by atomic mass is 10.2. The van der Waals surface area contributed by atoms with E-state index in [4.69, 9.17) is 63.5 Å². The van der Waals surface area contributed by atoms with E-state index in [0.717, 1.165) is 158 Å². The second kappa shape index (κ2) is 37.8. The van der Waals surface area contributed by atoms with Gasteiger partial charge in [0.2, 0.25) is 11.8 Å². The Hall–Kier alpha value is -6.20. The monoisotopic (exact) mass is 1400 g/mol. The summed E-state index contributed by atoms with van der Waals surface area (Å²) in [6, 6.07) is 32.4. The second-order valence-electron chi connectivity index (χ2n) is 22.5. The fourth-order valence-electron chi connectivity index (χ4n) is 10.3. The molecule has 0 saturated carbocycles. The number of aromatic nitrogens is 4. The molecule has 23 heteroatoms. The smallest absolute Gasteiger partial charge is 0.349 e. The summed E-state index contributed by atoms with van der Waals surface area (Å²) in [6.07, 6.45) is 9.52. The van der Waals surface area contributed by atoms with Crippen LogP contribution in [0.25, 0.3) is 42.3 Å². The van der Waals surface area contributed by atoms with Gasteiger partial charge in [-0.2, -0.15) is 0 Å². The highest BCUT2D eigenvalue weighted by Gasteiger charge is 2.25. The number of thiazole rings is 4. The minimum absolute atomic E-state index is 0.0448. The Morgan fingerprint density at radius 1 is 0.505 bits per heavy atom. The Kier molecular flexibility index (Phi) is 29.5. The number of benzene rings is 4. The van der Waals surface area contributed by atoms with Crippen LogP contribution in [0.2, 0.25) is 0 Å².